The van der Waals surface area contributed by atoms with E-state index in [1.165, 1.54) is 18.4 Å². The lowest BCUT2D eigenvalue weighted by Crippen LogP contribution is -2.78. The van der Waals surface area contributed by atoms with Crippen molar-refractivity contribution in [2.75, 3.05) is 20.1 Å². The van der Waals surface area contributed by atoms with Gasteiger partial charge >= 0.3 is 0 Å². The number of aliphatic hydroxyl groups is 1. The summed E-state index contributed by atoms with van der Waals surface area (Å²) >= 11 is 0. The Morgan fingerprint density at radius 2 is 2.11 bits per heavy atom. The van der Waals surface area contributed by atoms with Gasteiger partial charge in [0.1, 0.15) is 6.10 Å². The monoisotopic (exact) mass is 476 g/mol. The third-order valence-corrected chi connectivity index (χ3v) is 9.54. The molecule has 3 aliphatic carbocycles. The summed E-state index contributed by atoms with van der Waals surface area (Å²) in [5.74, 6) is 1.28. The van der Waals surface area contributed by atoms with Crippen molar-refractivity contribution in [2.45, 2.75) is 67.7 Å². The second-order valence-electron chi connectivity index (χ2n) is 11.2. The Kier molecular flexibility index (Phi) is 4.53. The zero-order valence-corrected chi connectivity index (χ0v) is 20.0. The van der Waals surface area contributed by atoms with Gasteiger partial charge in [0.2, 0.25) is 5.91 Å². The number of likely N-dealkylation sites (N-methyl/N-ethyl adjacent to an activating group) is 1. The molecule has 2 aromatic rings. The highest BCUT2D eigenvalue weighted by Crippen LogP contribution is 2.66. The lowest BCUT2D eigenvalue weighted by molar-refractivity contribution is -0.200. The number of carbonyl (C=O) groups is 1. The molecule has 3 heterocycles. The number of amides is 1. The highest BCUT2D eigenvalue weighted by molar-refractivity contribution is 5.91. The Morgan fingerprint density at radius 1 is 1.26 bits per heavy atom. The van der Waals surface area contributed by atoms with Crippen LogP contribution in [0.25, 0.3) is 6.08 Å². The molecule has 0 unspecified atom stereocenters. The van der Waals surface area contributed by atoms with Crippen LogP contribution in [0.3, 0.4) is 0 Å². The van der Waals surface area contributed by atoms with Crippen LogP contribution in [0.1, 0.15) is 48.8 Å². The first kappa shape index (κ1) is 21.5. The van der Waals surface area contributed by atoms with Gasteiger partial charge in [0, 0.05) is 36.8 Å². The fraction of sp³-hybridized carbons (Fsp3) is 0.536. The standard InChI is InChI=1S/C28H32N2O5/c1-29(23(32)7-4-18-9-13-34-16-18)20-8-10-28(33)22-14-19-5-6-21(31)25-24(19)27(28,26(20)35-25)11-12-30(22)15-17-2-3-17/h4-7,9,13,16-17,20,22,26,31,33H,2-3,8,10-12,14-15H2,1H3/t20-,22+,26-,27-,28+/m0/s1. The summed E-state index contributed by atoms with van der Waals surface area (Å²) in [6.07, 6.45) is 11.5. The van der Waals surface area contributed by atoms with Gasteiger partial charge in [-0.05, 0) is 74.8 Å². The van der Waals surface area contributed by atoms with Crippen LogP contribution in [0.15, 0.2) is 41.2 Å². The van der Waals surface area contributed by atoms with E-state index in [-0.39, 0.29) is 23.7 Å². The van der Waals surface area contributed by atoms with E-state index in [0.29, 0.717) is 18.6 Å². The number of carbonyl (C=O) groups excluding carboxylic acids is 1. The Bertz CT molecular complexity index is 1200. The van der Waals surface area contributed by atoms with Gasteiger partial charge in [-0.2, -0.15) is 0 Å². The molecule has 3 fully saturated rings. The van der Waals surface area contributed by atoms with Crippen molar-refractivity contribution < 1.29 is 24.2 Å². The first-order chi connectivity index (χ1) is 16.9. The fourth-order valence-corrected chi connectivity index (χ4v) is 7.67. The van der Waals surface area contributed by atoms with Gasteiger partial charge in [0.05, 0.1) is 29.6 Å². The number of phenolic OH excluding ortho intramolecular Hbond substituents is 1. The Balaban J connectivity index is 1.28. The topological polar surface area (TPSA) is 86.4 Å². The normalized spacial score (nSPS) is 35.1. The Morgan fingerprint density at radius 3 is 2.89 bits per heavy atom. The molecule has 35 heavy (non-hydrogen) atoms. The van der Waals surface area contributed by atoms with Crippen LogP contribution in [0.2, 0.25) is 0 Å². The van der Waals surface area contributed by atoms with Crippen LogP contribution < -0.4 is 4.74 Å². The average molecular weight is 477 g/mol. The maximum atomic E-state index is 13.2. The molecule has 2 N–H and O–H groups in total. The van der Waals surface area contributed by atoms with Gasteiger partial charge < -0.3 is 24.3 Å². The van der Waals surface area contributed by atoms with Crippen molar-refractivity contribution in [1.82, 2.24) is 9.80 Å². The molecule has 1 aromatic carbocycles. The van der Waals surface area contributed by atoms with E-state index in [2.05, 4.69) is 4.90 Å². The molecule has 7 heteroatoms. The Labute approximate surface area is 205 Å². The molecule has 2 saturated carbocycles. The number of aromatic hydroxyl groups is 1. The second kappa shape index (κ2) is 7.37. The number of ether oxygens (including phenoxy) is 1. The number of nitrogens with zero attached hydrogens (tertiary/aromatic N) is 2. The van der Waals surface area contributed by atoms with Crippen molar-refractivity contribution in [3.05, 3.63) is 53.5 Å². The van der Waals surface area contributed by atoms with Crippen molar-refractivity contribution in [2.24, 2.45) is 5.92 Å². The van der Waals surface area contributed by atoms with E-state index >= 15 is 0 Å². The molecule has 1 saturated heterocycles. The number of hydrogen-bond donors (Lipinski definition) is 2. The maximum Gasteiger partial charge on any atom is 0.246 e. The minimum atomic E-state index is -0.941. The molecule has 5 atom stereocenters. The molecule has 1 spiro atoms. The van der Waals surface area contributed by atoms with E-state index in [1.54, 1.807) is 35.6 Å². The van der Waals surface area contributed by atoms with E-state index in [1.807, 2.05) is 19.2 Å². The van der Waals surface area contributed by atoms with E-state index in [4.69, 9.17) is 9.15 Å². The van der Waals surface area contributed by atoms with Crippen LogP contribution in [0.4, 0.5) is 0 Å². The molecule has 184 valence electrons. The van der Waals surface area contributed by atoms with Gasteiger partial charge in [0.25, 0.3) is 0 Å². The van der Waals surface area contributed by atoms with Crippen molar-refractivity contribution in [3.8, 4) is 11.5 Å². The van der Waals surface area contributed by atoms with E-state index < -0.39 is 17.1 Å². The summed E-state index contributed by atoms with van der Waals surface area (Å²) in [6, 6.07) is 5.38. The Hall–Kier alpha value is -2.77. The molecule has 1 aromatic heterocycles. The molecular weight excluding hydrogens is 444 g/mol. The SMILES string of the molecule is CN(C(=O)C=Cc1ccoc1)[C@H]1CC[C@@]2(O)[C@H]3Cc4ccc(O)c5c4[C@@]2(CCN3CC2CC2)[C@H]1O5. The quantitative estimate of drug-likeness (QED) is 0.645. The first-order valence-electron chi connectivity index (χ1n) is 12.9. The van der Waals surface area contributed by atoms with E-state index in [0.717, 1.165) is 43.0 Å². The van der Waals surface area contributed by atoms with Gasteiger partial charge in [-0.1, -0.05) is 6.07 Å². The maximum absolute atomic E-state index is 13.2. The van der Waals surface area contributed by atoms with Gasteiger partial charge in [0.15, 0.2) is 11.5 Å². The van der Waals surface area contributed by atoms with Gasteiger partial charge in [-0.25, -0.2) is 0 Å². The number of hydrogen-bond acceptors (Lipinski definition) is 6. The van der Waals surface area contributed by atoms with Gasteiger partial charge in [-0.3, -0.25) is 9.69 Å². The molecule has 0 radical (unpaired) electrons. The predicted molar refractivity (Wildman–Crippen MR) is 129 cm³/mol. The largest absolute Gasteiger partial charge is 0.504 e. The van der Waals surface area contributed by atoms with Crippen LogP contribution in [0, 0.1) is 5.92 Å². The third kappa shape index (κ3) is 2.88. The van der Waals surface area contributed by atoms with Crippen LogP contribution in [0.5, 0.6) is 11.5 Å². The summed E-state index contributed by atoms with van der Waals surface area (Å²) in [5.41, 5.74) is 1.44. The van der Waals surface area contributed by atoms with Crippen molar-refractivity contribution >= 4 is 12.0 Å². The zero-order chi connectivity index (χ0) is 23.9. The number of rotatable bonds is 5. The number of phenols is 1. The fourth-order valence-electron chi connectivity index (χ4n) is 7.67. The summed E-state index contributed by atoms with van der Waals surface area (Å²) in [4.78, 5) is 17.5. The lowest BCUT2D eigenvalue weighted by atomic mass is 9.48. The van der Waals surface area contributed by atoms with Crippen LogP contribution in [-0.2, 0) is 16.6 Å². The number of likely N-dealkylation sites (tertiary alicyclic amines) is 1. The summed E-state index contributed by atoms with van der Waals surface area (Å²) in [7, 11) is 1.82. The molecule has 1 amide bonds. The van der Waals surface area contributed by atoms with Crippen molar-refractivity contribution in [1.29, 1.82) is 0 Å². The first-order valence-corrected chi connectivity index (χ1v) is 12.9. The predicted octanol–water partition coefficient (Wildman–Crippen LogP) is 3.09. The third-order valence-electron chi connectivity index (χ3n) is 9.54. The summed E-state index contributed by atoms with van der Waals surface area (Å²) in [5, 5.41) is 23.3. The minimum Gasteiger partial charge on any atom is -0.504 e. The van der Waals surface area contributed by atoms with Crippen LogP contribution >= 0.6 is 0 Å². The number of benzene rings is 1. The summed E-state index contributed by atoms with van der Waals surface area (Å²) in [6.45, 7) is 1.96. The summed E-state index contributed by atoms with van der Waals surface area (Å²) < 4.78 is 11.7. The molecule has 7 nitrogen and oxygen atoms in total. The smallest absolute Gasteiger partial charge is 0.246 e. The van der Waals surface area contributed by atoms with Crippen LogP contribution in [-0.4, -0.2) is 69.8 Å². The molecule has 2 aliphatic heterocycles. The minimum absolute atomic E-state index is 0.0360. The second-order valence-corrected chi connectivity index (χ2v) is 11.2. The molecular formula is C28H32N2O5. The molecule has 7 rings (SSSR count). The number of piperidine rings is 1. The highest BCUT2D eigenvalue weighted by Gasteiger charge is 2.73. The van der Waals surface area contributed by atoms with Crippen molar-refractivity contribution in [3.63, 3.8) is 0 Å². The lowest BCUT2D eigenvalue weighted by Gasteiger charge is -2.64. The average Bonchev–Trinajstić information content (AvgIpc) is 3.36. The van der Waals surface area contributed by atoms with E-state index in [9.17, 15) is 15.0 Å². The van der Waals surface area contributed by atoms with Gasteiger partial charge in [-0.15, -0.1) is 0 Å². The molecule has 2 bridgehead atoms. The number of furan rings is 1. The zero-order valence-electron chi connectivity index (χ0n) is 20.0. The highest BCUT2D eigenvalue weighted by atomic mass is 16.5. The molecule has 5 aliphatic rings.